The maximum absolute atomic E-state index is 13.4. The van der Waals surface area contributed by atoms with Crippen LogP contribution in [0.2, 0.25) is 0 Å². The number of carbonyl (C=O) groups excluding carboxylic acids is 1. The third-order valence-electron chi connectivity index (χ3n) is 2.44. The Labute approximate surface area is 117 Å². The molecule has 0 fully saturated rings. The second-order valence-electron chi connectivity index (χ2n) is 3.87. The Morgan fingerprint density at radius 2 is 1.89 bits per heavy atom. The van der Waals surface area contributed by atoms with E-state index in [-0.39, 0.29) is 11.5 Å². The van der Waals surface area contributed by atoms with Crippen LogP contribution in [0.4, 0.5) is 8.78 Å². The molecule has 2 aromatic rings. The number of Topliss-reactive ketones (excluding diaryl/α,β-unsaturated/α-hetero) is 1. The van der Waals surface area contributed by atoms with Crippen molar-refractivity contribution in [3.63, 3.8) is 0 Å². The summed E-state index contributed by atoms with van der Waals surface area (Å²) in [7, 11) is 0. The van der Waals surface area contributed by atoms with Gasteiger partial charge in [-0.25, -0.2) is 8.78 Å². The predicted molar refractivity (Wildman–Crippen MR) is 70.6 cm³/mol. The van der Waals surface area contributed by atoms with E-state index in [0.717, 1.165) is 18.2 Å². The topological polar surface area (TPSA) is 26.3 Å². The van der Waals surface area contributed by atoms with Gasteiger partial charge in [0.1, 0.15) is 11.6 Å². The fourth-order valence-corrected chi connectivity index (χ4v) is 2.16. The van der Waals surface area contributed by atoms with Crippen LogP contribution in [0.3, 0.4) is 0 Å². The largest absolute Gasteiger partial charge is 0.454 e. The Morgan fingerprint density at radius 1 is 1.16 bits per heavy atom. The van der Waals surface area contributed by atoms with Gasteiger partial charge in [-0.05, 0) is 53.2 Å². The van der Waals surface area contributed by atoms with Crippen molar-refractivity contribution in [1.82, 2.24) is 0 Å². The maximum Gasteiger partial charge on any atom is 0.165 e. The fourth-order valence-electron chi connectivity index (χ4n) is 1.53. The standard InChI is InChI=1S/C14H9BrF2O2/c1-8(18)11-4-3-10(7-12(11)15)19-14-6-9(16)2-5-13(14)17/h2-7H,1H3. The smallest absolute Gasteiger partial charge is 0.165 e. The summed E-state index contributed by atoms with van der Waals surface area (Å²) in [5.74, 6) is -1.25. The van der Waals surface area contributed by atoms with Crippen LogP contribution in [0.15, 0.2) is 40.9 Å². The third-order valence-corrected chi connectivity index (χ3v) is 3.10. The summed E-state index contributed by atoms with van der Waals surface area (Å²) in [6.45, 7) is 1.44. The van der Waals surface area contributed by atoms with Crippen LogP contribution in [0.25, 0.3) is 0 Å². The first kappa shape index (κ1) is 13.7. The van der Waals surface area contributed by atoms with Crippen molar-refractivity contribution < 1.29 is 18.3 Å². The van der Waals surface area contributed by atoms with Crippen molar-refractivity contribution in [3.8, 4) is 11.5 Å². The van der Waals surface area contributed by atoms with Crippen LogP contribution in [0.1, 0.15) is 17.3 Å². The van der Waals surface area contributed by atoms with Gasteiger partial charge in [-0.2, -0.15) is 0 Å². The van der Waals surface area contributed by atoms with Crippen molar-refractivity contribution in [2.24, 2.45) is 0 Å². The lowest BCUT2D eigenvalue weighted by atomic mass is 10.1. The number of carbonyl (C=O) groups is 1. The summed E-state index contributed by atoms with van der Waals surface area (Å²) < 4.78 is 32.2. The second kappa shape index (κ2) is 5.48. The molecule has 2 nitrogen and oxygen atoms in total. The average molecular weight is 327 g/mol. The quantitative estimate of drug-likeness (QED) is 0.763. The monoisotopic (exact) mass is 326 g/mol. The molecule has 0 saturated carbocycles. The van der Waals surface area contributed by atoms with Crippen molar-refractivity contribution in [3.05, 3.63) is 58.1 Å². The summed E-state index contributed by atoms with van der Waals surface area (Å²) in [5, 5.41) is 0. The van der Waals surface area contributed by atoms with Gasteiger partial charge >= 0.3 is 0 Å². The van der Waals surface area contributed by atoms with E-state index in [4.69, 9.17) is 4.74 Å². The first-order valence-electron chi connectivity index (χ1n) is 5.41. The first-order chi connectivity index (χ1) is 8.97. The summed E-state index contributed by atoms with van der Waals surface area (Å²) in [4.78, 5) is 11.3. The Balaban J connectivity index is 2.31. The van der Waals surface area contributed by atoms with Gasteiger partial charge in [0, 0.05) is 16.1 Å². The summed E-state index contributed by atoms with van der Waals surface area (Å²) >= 11 is 3.23. The molecule has 0 aromatic heterocycles. The molecular formula is C14H9BrF2O2. The maximum atomic E-state index is 13.4. The highest BCUT2D eigenvalue weighted by atomic mass is 79.9. The van der Waals surface area contributed by atoms with Crippen LogP contribution >= 0.6 is 15.9 Å². The molecule has 0 unspecified atom stereocenters. The van der Waals surface area contributed by atoms with Gasteiger partial charge in [-0.15, -0.1) is 0 Å². The molecule has 0 saturated heterocycles. The third kappa shape index (κ3) is 3.17. The average Bonchev–Trinajstić information content (AvgIpc) is 2.33. The molecule has 0 heterocycles. The van der Waals surface area contributed by atoms with Gasteiger partial charge in [0.25, 0.3) is 0 Å². The Hall–Kier alpha value is -1.75. The molecule has 0 spiro atoms. The fraction of sp³-hybridized carbons (Fsp3) is 0.0714. The first-order valence-corrected chi connectivity index (χ1v) is 6.20. The van der Waals surface area contributed by atoms with E-state index in [1.54, 1.807) is 6.07 Å². The van der Waals surface area contributed by atoms with Crippen molar-refractivity contribution in [2.45, 2.75) is 6.92 Å². The minimum absolute atomic E-state index is 0.102. The number of rotatable bonds is 3. The minimum atomic E-state index is -0.659. The molecule has 0 radical (unpaired) electrons. The lowest BCUT2D eigenvalue weighted by molar-refractivity contribution is 0.101. The van der Waals surface area contributed by atoms with E-state index in [1.165, 1.54) is 19.1 Å². The zero-order chi connectivity index (χ0) is 14.0. The highest BCUT2D eigenvalue weighted by molar-refractivity contribution is 9.10. The highest BCUT2D eigenvalue weighted by Crippen LogP contribution is 2.29. The Bertz CT molecular complexity index is 641. The number of ketones is 1. The molecule has 0 atom stereocenters. The lowest BCUT2D eigenvalue weighted by Gasteiger charge is -2.08. The second-order valence-corrected chi connectivity index (χ2v) is 4.73. The zero-order valence-corrected chi connectivity index (χ0v) is 11.5. The normalized spacial score (nSPS) is 10.3. The molecule has 0 N–H and O–H groups in total. The van der Waals surface area contributed by atoms with E-state index in [2.05, 4.69) is 15.9 Å². The van der Waals surface area contributed by atoms with Crippen LogP contribution in [-0.4, -0.2) is 5.78 Å². The van der Waals surface area contributed by atoms with E-state index in [9.17, 15) is 13.6 Å². The Kier molecular flexibility index (Phi) is 3.95. The van der Waals surface area contributed by atoms with Gasteiger partial charge in [0.2, 0.25) is 0 Å². The number of halogens is 3. The number of benzene rings is 2. The van der Waals surface area contributed by atoms with E-state index >= 15 is 0 Å². The molecular weight excluding hydrogens is 318 g/mol. The van der Waals surface area contributed by atoms with E-state index < -0.39 is 11.6 Å². The van der Waals surface area contributed by atoms with Gasteiger partial charge in [-0.1, -0.05) is 0 Å². The molecule has 0 bridgehead atoms. The van der Waals surface area contributed by atoms with Crippen molar-refractivity contribution in [2.75, 3.05) is 0 Å². The van der Waals surface area contributed by atoms with E-state index in [0.29, 0.717) is 15.8 Å². The van der Waals surface area contributed by atoms with Crippen LogP contribution in [-0.2, 0) is 0 Å². The highest BCUT2D eigenvalue weighted by Gasteiger charge is 2.10. The predicted octanol–water partition coefficient (Wildman–Crippen LogP) is 4.72. The molecule has 2 rings (SSSR count). The van der Waals surface area contributed by atoms with Gasteiger partial charge in [0.05, 0.1) is 0 Å². The van der Waals surface area contributed by atoms with Crippen LogP contribution < -0.4 is 4.74 Å². The van der Waals surface area contributed by atoms with Crippen molar-refractivity contribution >= 4 is 21.7 Å². The molecule has 2 aromatic carbocycles. The molecule has 98 valence electrons. The van der Waals surface area contributed by atoms with Gasteiger partial charge in [0.15, 0.2) is 17.3 Å². The molecule has 5 heteroatoms. The number of ether oxygens (including phenoxy) is 1. The molecule has 19 heavy (non-hydrogen) atoms. The Morgan fingerprint density at radius 3 is 2.53 bits per heavy atom. The van der Waals surface area contributed by atoms with E-state index in [1.807, 2.05) is 0 Å². The molecule has 0 aliphatic heterocycles. The SMILES string of the molecule is CC(=O)c1ccc(Oc2cc(F)ccc2F)cc1Br. The van der Waals surface area contributed by atoms with Crippen molar-refractivity contribution in [1.29, 1.82) is 0 Å². The minimum Gasteiger partial charge on any atom is -0.454 e. The van der Waals surface area contributed by atoms with Gasteiger partial charge in [-0.3, -0.25) is 4.79 Å². The summed E-state index contributed by atoms with van der Waals surface area (Å²) in [6.07, 6.45) is 0. The number of hydrogen-bond donors (Lipinski definition) is 0. The molecule has 0 aliphatic rings. The lowest BCUT2D eigenvalue weighted by Crippen LogP contribution is -1.95. The van der Waals surface area contributed by atoms with Crippen LogP contribution in [0, 0.1) is 11.6 Å². The number of hydrogen-bond acceptors (Lipinski definition) is 2. The zero-order valence-electron chi connectivity index (χ0n) is 9.91. The molecule has 0 amide bonds. The van der Waals surface area contributed by atoms with Crippen LogP contribution in [0.5, 0.6) is 11.5 Å². The summed E-state index contributed by atoms with van der Waals surface area (Å²) in [5.41, 5.74) is 0.493. The summed E-state index contributed by atoms with van der Waals surface area (Å²) in [6, 6.07) is 7.56. The molecule has 0 aliphatic carbocycles. The van der Waals surface area contributed by atoms with Gasteiger partial charge < -0.3 is 4.74 Å².